The van der Waals surface area contributed by atoms with Crippen molar-refractivity contribution in [1.29, 1.82) is 0 Å². The molecule has 17 heavy (non-hydrogen) atoms. The molecule has 0 aliphatic rings. The second-order valence-electron chi connectivity index (χ2n) is 3.74. The third kappa shape index (κ3) is 5.45. The molecular formula is C13H20N2O2. The van der Waals surface area contributed by atoms with Gasteiger partial charge in [-0.15, -0.1) is 0 Å². The summed E-state index contributed by atoms with van der Waals surface area (Å²) in [6.07, 6.45) is 2.23. The lowest BCUT2D eigenvalue weighted by molar-refractivity contribution is -0.143. The highest BCUT2D eigenvalue weighted by atomic mass is 16.5. The van der Waals surface area contributed by atoms with Gasteiger partial charge in [-0.2, -0.15) is 0 Å². The highest BCUT2D eigenvalue weighted by molar-refractivity contribution is 5.69. The number of aromatic nitrogens is 1. The van der Waals surface area contributed by atoms with Crippen molar-refractivity contribution in [2.75, 3.05) is 19.7 Å². The van der Waals surface area contributed by atoms with Crippen LogP contribution in [-0.2, 0) is 16.1 Å². The lowest BCUT2D eigenvalue weighted by atomic mass is 10.3. The Morgan fingerprint density at radius 3 is 2.82 bits per heavy atom. The molecule has 0 aliphatic heterocycles. The van der Waals surface area contributed by atoms with E-state index in [1.165, 1.54) is 0 Å². The van der Waals surface area contributed by atoms with Crippen LogP contribution in [0.2, 0.25) is 0 Å². The molecule has 0 unspecified atom stereocenters. The van der Waals surface area contributed by atoms with Crippen LogP contribution in [0.25, 0.3) is 0 Å². The number of ether oxygens (including phenoxy) is 1. The average molecular weight is 236 g/mol. The summed E-state index contributed by atoms with van der Waals surface area (Å²) in [4.78, 5) is 17.7. The summed E-state index contributed by atoms with van der Waals surface area (Å²) in [5.74, 6) is -0.132. The minimum absolute atomic E-state index is 0.132. The second kappa shape index (κ2) is 7.79. The average Bonchev–Trinajstić information content (AvgIpc) is 2.36. The van der Waals surface area contributed by atoms with Crippen molar-refractivity contribution < 1.29 is 9.53 Å². The number of esters is 1. The Morgan fingerprint density at radius 2 is 2.24 bits per heavy atom. The maximum absolute atomic E-state index is 11.3. The van der Waals surface area contributed by atoms with Crippen LogP contribution in [0.5, 0.6) is 0 Å². The number of pyridine rings is 1. The van der Waals surface area contributed by atoms with Gasteiger partial charge in [0.05, 0.1) is 18.7 Å². The first kappa shape index (κ1) is 13.6. The van der Waals surface area contributed by atoms with Gasteiger partial charge in [-0.3, -0.25) is 14.7 Å². The molecule has 0 aliphatic carbocycles. The summed E-state index contributed by atoms with van der Waals surface area (Å²) in [7, 11) is 0. The third-order valence-corrected chi connectivity index (χ3v) is 2.50. The Kier molecular flexibility index (Phi) is 6.25. The Balaban J connectivity index is 2.36. The van der Waals surface area contributed by atoms with Crippen molar-refractivity contribution in [2.24, 2.45) is 0 Å². The van der Waals surface area contributed by atoms with Gasteiger partial charge in [0.25, 0.3) is 0 Å². The summed E-state index contributed by atoms with van der Waals surface area (Å²) in [6.45, 7) is 6.74. The van der Waals surface area contributed by atoms with Crippen LogP contribution in [0, 0.1) is 0 Å². The highest BCUT2D eigenvalue weighted by Gasteiger charge is 2.08. The fraction of sp³-hybridized carbons (Fsp3) is 0.538. The number of hydrogen-bond donors (Lipinski definition) is 0. The minimum Gasteiger partial charge on any atom is -0.466 e. The van der Waals surface area contributed by atoms with E-state index in [0.717, 1.165) is 18.8 Å². The highest BCUT2D eigenvalue weighted by Crippen LogP contribution is 2.02. The molecule has 0 bridgehead atoms. The molecule has 0 radical (unpaired) electrons. The third-order valence-electron chi connectivity index (χ3n) is 2.50. The maximum atomic E-state index is 11.3. The van der Waals surface area contributed by atoms with Gasteiger partial charge >= 0.3 is 5.97 Å². The van der Waals surface area contributed by atoms with Crippen molar-refractivity contribution in [3.05, 3.63) is 30.1 Å². The van der Waals surface area contributed by atoms with Crippen LogP contribution in [0.4, 0.5) is 0 Å². The van der Waals surface area contributed by atoms with Crippen molar-refractivity contribution in [2.45, 2.75) is 26.8 Å². The molecule has 4 nitrogen and oxygen atoms in total. The molecule has 1 rings (SSSR count). The molecule has 0 saturated heterocycles. The largest absolute Gasteiger partial charge is 0.466 e. The van der Waals surface area contributed by atoms with Crippen LogP contribution < -0.4 is 0 Å². The molecule has 1 heterocycles. The molecule has 0 spiro atoms. The zero-order chi connectivity index (χ0) is 12.5. The quantitative estimate of drug-likeness (QED) is 0.678. The van der Waals surface area contributed by atoms with E-state index in [2.05, 4.69) is 16.8 Å². The first-order valence-corrected chi connectivity index (χ1v) is 6.04. The summed E-state index contributed by atoms with van der Waals surface area (Å²) in [6, 6.07) is 5.87. The molecule has 1 aromatic heterocycles. The van der Waals surface area contributed by atoms with Crippen molar-refractivity contribution >= 4 is 5.97 Å². The van der Waals surface area contributed by atoms with E-state index in [9.17, 15) is 4.79 Å². The van der Waals surface area contributed by atoms with Crippen LogP contribution in [-0.4, -0.2) is 35.5 Å². The summed E-state index contributed by atoms with van der Waals surface area (Å²) < 4.78 is 4.91. The lowest BCUT2D eigenvalue weighted by Crippen LogP contribution is -2.26. The first-order valence-electron chi connectivity index (χ1n) is 6.04. The number of carbonyl (C=O) groups is 1. The Bertz CT molecular complexity index is 327. The molecule has 0 amide bonds. The SMILES string of the molecule is CCOC(=O)CCN(CC)Cc1ccccn1. The van der Waals surface area contributed by atoms with Crippen LogP contribution in [0.15, 0.2) is 24.4 Å². The zero-order valence-electron chi connectivity index (χ0n) is 10.6. The summed E-state index contributed by atoms with van der Waals surface area (Å²) >= 11 is 0. The molecule has 94 valence electrons. The summed E-state index contributed by atoms with van der Waals surface area (Å²) in [5, 5.41) is 0. The van der Waals surface area contributed by atoms with Crippen LogP contribution >= 0.6 is 0 Å². The number of carbonyl (C=O) groups excluding carboxylic acids is 1. The van der Waals surface area contributed by atoms with Gasteiger partial charge in [0.2, 0.25) is 0 Å². The molecule has 0 fully saturated rings. The fourth-order valence-corrected chi connectivity index (χ4v) is 1.55. The van der Waals surface area contributed by atoms with Crippen molar-refractivity contribution in [1.82, 2.24) is 9.88 Å². The smallest absolute Gasteiger partial charge is 0.307 e. The van der Waals surface area contributed by atoms with E-state index in [0.29, 0.717) is 19.6 Å². The molecule has 0 saturated carbocycles. The van der Waals surface area contributed by atoms with Gasteiger partial charge in [-0.25, -0.2) is 0 Å². The van der Waals surface area contributed by atoms with E-state index in [1.54, 1.807) is 6.20 Å². The van der Waals surface area contributed by atoms with Gasteiger partial charge in [0.1, 0.15) is 0 Å². The van der Waals surface area contributed by atoms with Gasteiger partial charge in [0.15, 0.2) is 0 Å². The van der Waals surface area contributed by atoms with Gasteiger partial charge < -0.3 is 4.74 Å². The number of nitrogens with zero attached hydrogens (tertiary/aromatic N) is 2. The number of rotatable bonds is 7. The number of hydrogen-bond acceptors (Lipinski definition) is 4. The molecule has 0 N–H and O–H groups in total. The van der Waals surface area contributed by atoms with Gasteiger partial charge in [-0.1, -0.05) is 13.0 Å². The van der Waals surface area contributed by atoms with E-state index >= 15 is 0 Å². The first-order chi connectivity index (χ1) is 8.26. The molecule has 0 atom stereocenters. The van der Waals surface area contributed by atoms with Gasteiger partial charge in [-0.05, 0) is 25.6 Å². The maximum Gasteiger partial charge on any atom is 0.307 e. The second-order valence-corrected chi connectivity index (χ2v) is 3.74. The standard InChI is InChI=1S/C13H20N2O2/c1-3-15(10-8-13(16)17-4-2)11-12-7-5-6-9-14-12/h5-7,9H,3-4,8,10-11H2,1-2H3. The van der Waals surface area contributed by atoms with Crippen molar-refractivity contribution in [3.8, 4) is 0 Å². The fourth-order valence-electron chi connectivity index (χ4n) is 1.55. The minimum atomic E-state index is -0.132. The van der Waals surface area contributed by atoms with Gasteiger partial charge in [0, 0.05) is 19.3 Å². The predicted octanol–water partition coefficient (Wildman–Crippen LogP) is 1.86. The molecule has 1 aromatic rings. The lowest BCUT2D eigenvalue weighted by Gasteiger charge is -2.19. The van der Waals surface area contributed by atoms with Crippen LogP contribution in [0.3, 0.4) is 0 Å². The molecule has 0 aromatic carbocycles. The Labute approximate surface area is 103 Å². The zero-order valence-corrected chi connectivity index (χ0v) is 10.6. The monoisotopic (exact) mass is 236 g/mol. The molecule has 4 heteroatoms. The topological polar surface area (TPSA) is 42.4 Å². The predicted molar refractivity (Wildman–Crippen MR) is 66.4 cm³/mol. The summed E-state index contributed by atoms with van der Waals surface area (Å²) in [5.41, 5.74) is 1.03. The van der Waals surface area contributed by atoms with E-state index < -0.39 is 0 Å². The van der Waals surface area contributed by atoms with E-state index in [4.69, 9.17) is 4.74 Å². The Hall–Kier alpha value is -1.42. The normalized spacial score (nSPS) is 10.5. The molecular weight excluding hydrogens is 216 g/mol. The van der Waals surface area contributed by atoms with E-state index in [-0.39, 0.29) is 5.97 Å². The van der Waals surface area contributed by atoms with Crippen LogP contribution in [0.1, 0.15) is 26.0 Å². The van der Waals surface area contributed by atoms with E-state index in [1.807, 2.05) is 25.1 Å². The Morgan fingerprint density at radius 1 is 1.41 bits per heavy atom. The van der Waals surface area contributed by atoms with Crippen molar-refractivity contribution in [3.63, 3.8) is 0 Å².